The first-order chi connectivity index (χ1) is 10.8. The number of benzene rings is 2. The summed E-state index contributed by atoms with van der Waals surface area (Å²) in [5.74, 6) is 0.861. The van der Waals surface area contributed by atoms with Crippen molar-refractivity contribution in [2.75, 3.05) is 5.33 Å². The predicted molar refractivity (Wildman–Crippen MR) is 105 cm³/mol. The Morgan fingerprint density at radius 3 is 2.26 bits per heavy atom. The van der Waals surface area contributed by atoms with Crippen LogP contribution in [0.5, 0.6) is 5.75 Å². The van der Waals surface area contributed by atoms with Crippen LogP contribution in [-0.2, 0) is 0 Å². The van der Waals surface area contributed by atoms with E-state index in [1.165, 1.54) is 0 Å². The summed E-state index contributed by atoms with van der Waals surface area (Å²) in [6.07, 6.45) is 2.06. The summed E-state index contributed by atoms with van der Waals surface area (Å²) in [5.41, 5.74) is 3.00. The van der Waals surface area contributed by atoms with Crippen molar-refractivity contribution in [3.05, 3.63) is 63.6 Å². The lowest BCUT2D eigenvalue weighted by molar-refractivity contribution is 0.131. The van der Waals surface area contributed by atoms with Gasteiger partial charge in [-0.15, -0.1) is 0 Å². The van der Waals surface area contributed by atoms with Gasteiger partial charge in [-0.25, -0.2) is 0 Å². The molecule has 1 nitrogen and oxygen atoms in total. The van der Waals surface area contributed by atoms with Crippen LogP contribution in [0.1, 0.15) is 31.9 Å². The van der Waals surface area contributed by atoms with E-state index in [-0.39, 0.29) is 5.60 Å². The average Bonchev–Trinajstić information content (AvgIpc) is 2.46. The van der Waals surface area contributed by atoms with E-state index in [9.17, 15) is 0 Å². The molecule has 0 saturated heterocycles. The first-order valence-electron chi connectivity index (χ1n) is 7.29. The quantitative estimate of drug-likeness (QED) is 0.383. The monoisotopic (exact) mass is 412 g/mol. The van der Waals surface area contributed by atoms with Gasteiger partial charge in [0.1, 0.15) is 11.4 Å². The number of ether oxygens (including phenoxy) is 1. The molecule has 0 radical (unpaired) electrons. The van der Waals surface area contributed by atoms with E-state index in [0.717, 1.165) is 27.8 Å². The molecule has 0 aliphatic carbocycles. The SMILES string of the molecule is CC(C)(C)Oc1ccc(/C(=C/c2ccc(Cl)cc2Cl)CBr)cc1. The normalized spacial score (nSPS) is 12.3. The molecule has 0 N–H and O–H groups in total. The molecule has 0 unspecified atom stereocenters. The van der Waals surface area contributed by atoms with Crippen LogP contribution in [0.2, 0.25) is 10.0 Å². The number of hydrogen-bond donors (Lipinski definition) is 0. The van der Waals surface area contributed by atoms with E-state index < -0.39 is 0 Å². The first kappa shape index (κ1) is 18.4. The molecule has 0 fully saturated rings. The summed E-state index contributed by atoms with van der Waals surface area (Å²) < 4.78 is 5.85. The molecule has 0 saturated carbocycles. The highest BCUT2D eigenvalue weighted by molar-refractivity contribution is 9.09. The lowest BCUT2D eigenvalue weighted by Crippen LogP contribution is -2.22. The fraction of sp³-hybridized carbons (Fsp3) is 0.263. The van der Waals surface area contributed by atoms with Gasteiger partial charge in [-0.2, -0.15) is 0 Å². The fourth-order valence-corrected chi connectivity index (χ4v) is 3.04. The van der Waals surface area contributed by atoms with Crippen LogP contribution < -0.4 is 4.74 Å². The molecule has 0 atom stereocenters. The summed E-state index contributed by atoms with van der Waals surface area (Å²) >= 11 is 15.7. The highest BCUT2D eigenvalue weighted by atomic mass is 79.9. The maximum atomic E-state index is 6.25. The van der Waals surface area contributed by atoms with Gasteiger partial charge in [0.25, 0.3) is 0 Å². The predicted octanol–water partition coefficient (Wildman–Crippen LogP) is 7.11. The first-order valence-corrected chi connectivity index (χ1v) is 9.17. The summed E-state index contributed by atoms with van der Waals surface area (Å²) in [5, 5.41) is 2.01. The lowest BCUT2D eigenvalue weighted by atomic mass is 10.0. The largest absolute Gasteiger partial charge is 0.488 e. The summed E-state index contributed by atoms with van der Waals surface area (Å²) in [4.78, 5) is 0. The number of halogens is 3. The van der Waals surface area contributed by atoms with E-state index in [0.29, 0.717) is 10.0 Å². The Morgan fingerprint density at radius 2 is 1.74 bits per heavy atom. The highest BCUT2D eigenvalue weighted by Crippen LogP contribution is 2.28. The van der Waals surface area contributed by atoms with Crippen molar-refractivity contribution in [2.45, 2.75) is 26.4 Å². The van der Waals surface area contributed by atoms with Crippen molar-refractivity contribution < 1.29 is 4.74 Å². The molecule has 0 amide bonds. The van der Waals surface area contributed by atoms with Gasteiger partial charge in [-0.05, 0) is 67.8 Å². The van der Waals surface area contributed by atoms with Crippen molar-refractivity contribution in [1.29, 1.82) is 0 Å². The summed E-state index contributed by atoms with van der Waals surface area (Å²) in [6.45, 7) is 6.10. The summed E-state index contributed by atoms with van der Waals surface area (Å²) in [7, 11) is 0. The van der Waals surface area contributed by atoms with E-state index in [4.69, 9.17) is 27.9 Å². The fourth-order valence-electron chi connectivity index (χ4n) is 2.10. The Hall–Kier alpha value is -0.960. The van der Waals surface area contributed by atoms with Gasteiger partial charge in [-0.3, -0.25) is 0 Å². The third-order valence-corrected chi connectivity index (χ3v) is 4.25. The molecule has 23 heavy (non-hydrogen) atoms. The van der Waals surface area contributed by atoms with Crippen LogP contribution in [-0.4, -0.2) is 10.9 Å². The smallest absolute Gasteiger partial charge is 0.120 e. The molecule has 0 aliphatic rings. The molecule has 0 bridgehead atoms. The molecule has 122 valence electrons. The van der Waals surface area contributed by atoms with Crippen LogP contribution in [0, 0.1) is 0 Å². The van der Waals surface area contributed by atoms with E-state index in [1.807, 2.05) is 45.0 Å². The van der Waals surface area contributed by atoms with Crippen LogP contribution in [0.3, 0.4) is 0 Å². The maximum absolute atomic E-state index is 6.25. The number of alkyl halides is 1. The number of rotatable bonds is 4. The molecule has 0 aliphatic heterocycles. The Bertz CT molecular complexity index is 700. The Balaban J connectivity index is 2.28. The highest BCUT2D eigenvalue weighted by Gasteiger charge is 2.12. The maximum Gasteiger partial charge on any atom is 0.120 e. The molecular weight excluding hydrogens is 395 g/mol. The minimum Gasteiger partial charge on any atom is -0.488 e. The second-order valence-electron chi connectivity index (χ2n) is 6.21. The van der Waals surface area contributed by atoms with Gasteiger partial charge < -0.3 is 4.74 Å². The molecule has 0 heterocycles. The van der Waals surface area contributed by atoms with Gasteiger partial charge in [0, 0.05) is 15.4 Å². The minimum atomic E-state index is -0.202. The van der Waals surface area contributed by atoms with Crippen LogP contribution in [0.25, 0.3) is 11.6 Å². The second kappa shape index (κ2) is 7.74. The standard InChI is InChI=1S/C19H19BrCl2O/c1-19(2,3)23-17-8-5-13(6-9-17)15(12-20)10-14-4-7-16(21)11-18(14)22/h4-11H,12H2,1-3H3/b15-10+. The van der Waals surface area contributed by atoms with Crippen LogP contribution >= 0.6 is 39.1 Å². The zero-order valence-corrected chi connectivity index (χ0v) is 16.5. The van der Waals surface area contributed by atoms with Gasteiger partial charge in [0.2, 0.25) is 0 Å². The van der Waals surface area contributed by atoms with Crippen LogP contribution in [0.4, 0.5) is 0 Å². The van der Waals surface area contributed by atoms with Crippen LogP contribution in [0.15, 0.2) is 42.5 Å². The Labute approximate surface area is 156 Å². The van der Waals surface area contributed by atoms with Crippen molar-refractivity contribution in [3.63, 3.8) is 0 Å². The van der Waals surface area contributed by atoms with Crippen molar-refractivity contribution in [3.8, 4) is 5.75 Å². The molecule has 0 aromatic heterocycles. The Kier molecular flexibility index (Phi) is 6.19. The Morgan fingerprint density at radius 1 is 1.09 bits per heavy atom. The third kappa shape index (κ3) is 5.56. The van der Waals surface area contributed by atoms with E-state index >= 15 is 0 Å². The van der Waals surface area contributed by atoms with E-state index in [1.54, 1.807) is 6.07 Å². The van der Waals surface area contributed by atoms with Crippen molar-refractivity contribution in [1.82, 2.24) is 0 Å². The van der Waals surface area contributed by atoms with E-state index in [2.05, 4.69) is 34.1 Å². The van der Waals surface area contributed by atoms with Gasteiger partial charge >= 0.3 is 0 Å². The van der Waals surface area contributed by atoms with Gasteiger partial charge in [-0.1, -0.05) is 57.3 Å². The molecule has 2 aromatic rings. The summed E-state index contributed by atoms with van der Waals surface area (Å²) in [6, 6.07) is 13.6. The van der Waals surface area contributed by atoms with Gasteiger partial charge in [0.05, 0.1) is 0 Å². The molecule has 2 rings (SSSR count). The van der Waals surface area contributed by atoms with Crippen molar-refractivity contribution >= 4 is 50.8 Å². The second-order valence-corrected chi connectivity index (χ2v) is 7.61. The lowest BCUT2D eigenvalue weighted by Gasteiger charge is -2.21. The topological polar surface area (TPSA) is 9.23 Å². The number of allylic oxidation sites excluding steroid dienone is 1. The third-order valence-electron chi connectivity index (χ3n) is 3.09. The van der Waals surface area contributed by atoms with Gasteiger partial charge in [0.15, 0.2) is 0 Å². The number of hydrogen-bond acceptors (Lipinski definition) is 1. The zero-order valence-electron chi connectivity index (χ0n) is 13.4. The molecule has 4 heteroatoms. The molecule has 0 spiro atoms. The minimum absolute atomic E-state index is 0.202. The molecule has 2 aromatic carbocycles. The molecular formula is C19H19BrCl2O. The zero-order chi connectivity index (χ0) is 17.0. The average molecular weight is 414 g/mol. The van der Waals surface area contributed by atoms with Crippen molar-refractivity contribution in [2.24, 2.45) is 0 Å².